The molecule has 38 heavy (non-hydrogen) atoms. The average molecular weight is 509 g/mol. The first-order chi connectivity index (χ1) is 18.8. The number of fused-ring (bicyclic) bond motifs is 7. The third-order valence-corrected chi connectivity index (χ3v) is 8.66. The van der Waals surface area contributed by atoms with Crippen molar-refractivity contribution < 1.29 is 0 Å². The summed E-state index contributed by atoms with van der Waals surface area (Å²) in [7, 11) is 0. The largest absolute Gasteiger partial charge is 0.302 e. The smallest absolute Gasteiger partial charge is 0.202 e. The number of hydrogen-bond acceptors (Lipinski definition) is 4. The first-order valence-corrected chi connectivity index (χ1v) is 13.7. The number of hydrazine groups is 1. The molecule has 1 aliphatic heterocycles. The molecule has 0 spiro atoms. The number of rotatable bonds is 4. The van der Waals surface area contributed by atoms with Crippen molar-refractivity contribution in [3.63, 3.8) is 0 Å². The van der Waals surface area contributed by atoms with Crippen molar-refractivity contribution in [3.05, 3.63) is 132 Å². The first kappa shape index (κ1) is 21.6. The quantitative estimate of drug-likeness (QED) is 0.261. The van der Waals surface area contributed by atoms with Crippen LogP contribution in [0.1, 0.15) is 17.4 Å². The van der Waals surface area contributed by atoms with E-state index in [-0.39, 0.29) is 6.29 Å². The summed E-state index contributed by atoms with van der Waals surface area (Å²) in [5.74, 6) is 0.890. The molecule has 0 radical (unpaired) electrons. The Hall–Kier alpha value is -4.45. The maximum atomic E-state index is 5.34. The second-order valence-electron chi connectivity index (χ2n) is 9.74. The van der Waals surface area contributed by atoms with Gasteiger partial charge in [-0.05, 0) is 17.7 Å². The van der Waals surface area contributed by atoms with Gasteiger partial charge in [0.25, 0.3) is 0 Å². The number of nitrogens with one attached hydrogen (secondary N) is 1. The lowest BCUT2D eigenvalue weighted by molar-refractivity contribution is 0.135. The fourth-order valence-electron chi connectivity index (χ4n) is 5.74. The van der Waals surface area contributed by atoms with Crippen LogP contribution in [0.2, 0.25) is 0 Å². The standard InChI is InChI=1S/C33H24N4S/c1-3-11-22(12-4-1)21-36-33(34-32(35-36)23-13-5-2-6-14-23)37-28-17-9-7-15-24(28)26-19-20-27-25-16-8-10-18-29(25)38-31(27)30(26)37/h1-20,33H,21H2,(H,34,35). The number of nitrogens with zero attached hydrogens (tertiary/aromatic N) is 3. The zero-order chi connectivity index (χ0) is 25.1. The summed E-state index contributed by atoms with van der Waals surface area (Å²) >= 11 is 1.87. The van der Waals surface area contributed by atoms with Crippen LogP contribution in [0.5, 0.6) is 0 Å². The van der Waals surface area contributed by atoms with Gasteiger partial charge in [0.1, 0.15) is 5.84 Å². The van der Waals surface area contributed by atoms with Crippen molar-refractivity contribution in [2.24, 2.45) is 4.99 Å². The van der Waals surface area contributed by atoms with Crippen LogP contribution in [0.25, 0.3) is 42.0 Å². The molecule has 0 amide bonds. The summed E-state index contributed by atoms with van der Waals surface area (Å²) in [6.45, 7) is 0.724. The molecule has 0 bridgehead atoms. The maximum Gasteiger partial charge on any atom is 0.202 e. The van der Waals surface area contributed by atoms with Crippen LogP contribution in [0.15, 0.2) is 126 Å². The molecule has 8 rings (SSSR count). The van der Waals surface area contributed by atoms with Crippen LogP contribution in [0.4, 0.5) is 0 Å². The molecule has 1 unspecified atom stereocenters. The summed E-state index contributed by atoms with van der Waals surface area (Å²) < 4.78 is 5.06. The molecule has 5 heteroatoms. The van der Waals surface area contributed by atoms with E-state index in [2.05, 4.69) is 130 Å². The highest BCUT2D eigenvalue weighted by Gasteiger charge is 2.31. The second-order valence-corrected chi connectivity index (χ2v) is 10.8. The normalized spacial score (nSPS) is 16.0. The van der Waals surface area contributed by atoms with E-state index in [4.69, 9.17) is 4.99 Å². The number of aromatic nitrogens is 1. The van der Waals surface area contributed by atoms with Gasteiger partial charge in [0, 0.05) is 38.4 Å². The van der Waals surface area contributed by atoms with Gasteiger partial charge in [0.15, 0.2) is 0 Å². The number of para-hydroxylation sites is 1. The van der Waals surface area contributed by atoms with Crippen molar-refractivity contribution in [2.75, 3.05) is 0 Å². The molecule has 1 atom stereocenters. The molecule has 0 fully saturated rings. The Kier molecular flexibility index (Phi) is 4.87. The zero-order valence-corrected chi connectivity index (χ0v) is 21.4. The van der Waals surface area contributed by atoms with E-state index < -0.39 is 0 Å². The Balaban J connectivity index is 1.42. The molecule has 1 aliphatic rings. The van der Waals surface area contributed by atoms with Crippen molar-refractivity contribution in [3.8, 4) is 0 Å². The van der Waals surface area contributed by atoms with Gasteiger partial charge < -0.3 is 4.57 Å². The van der Waals surface area contributed by atoms with Gasteiger partial charge in [-0.1, -0.05) is 109 Å². The van der Waals surface area contributed by atoms with Crippen LogP contribution in [-0.2, 0) is 6.54 Å². The Bertz CT molecular complexity index is 1990. The lowest BCUT2D eigenvalue weighted by Crippen LogP contribution is -2.39. The molecule has 4 nitrogen and oxygen atoms in total. The predicted molar refractivity (Wildman–Crippen MR) is 159 cm³/mol. The van der Waals surface area contributed by atoms with E-state index in [1.54, 1.807) is 0 Å². The molecule has 5 aromatic carbocycles. The topological polar surface area (TPSA) is 32.6 Å². The summed E-state index contributed by atoms with van der Waals surface area (Å²) in [6.07, 6.45) is -0.247. The third kappa shape index (κ3) is 3.29. The van der Waals surface area contributed by atoms with Crippen LogP contribution < -0.4 is 5.43 Å². The highest BCUT2D eigenvalue weighted by atomic mass is 32.1. The van der Waals surface area contributed by atoms with E-state index in [0.717, 1.165) is 17.9 Å². The SMILES string of the molecule is c1ccc(CN2NC(c3ccccc3)=NC2n2c3ccccc3c3ccc4c5ccccc5sc4c32)cc1. The van der Waals surface area contributed by atoms with Gasteiger partial charge in [-0.3, -0.25) is 5.43 Å². The summed E-state index contributed by atoms with van der Waals surface area (Å²) in [5, 5.41) is 7.39. The molecule has 0 aliphatic carbocycles. The fraction of sp³-hybridized carbons (Fsp3) is 0.0606. The Morgan fingerprint density at radius 2 is 1.34 bits per heavy atom. The van der Waals surface area contributed by atoms with Crippen molar-refractivity contribution in [1.82, 2.24) is 15.0 Å². The zero-order valence-electron chi connectivity index (χ0n) is 20.6. The number of amidine groups is 1. The van der Waals surface area contributed by atoms with Crippen LogP contribution in [0.3, 0.4) is 0 Å². The number of benzene rings is 5. The van der Waals surface area contributed by atoms with Gasteiger partial charge in [-0.2, -0.15) is 5.01 Å². The minimum Gasteiger partial charge on any atom is -0.302 e. The van der Waals surface area contributed by atoms with Crippen LogP contribution in [-0.4, -0.2) is 15.4 Å². The third-order valence-electron chi connectivity index (χ3n) is 7.46. The van der Waals surface area contributed by atoms with Gasteiger partial charge in [-0.15, -0.1) is 11.3 Å². The second kappa shape index (κ2) is 8.55. The Morgan fingerprint density at radius 1 is 0.658 bits per heavy atom. The molecule has 0 saturated carbocycles. The average Bonchev–Trinajstić information content (AvgIpc) is 3.65. The molecular formula is C33H24N4S. The highest BCUT2D eigenvalue weighted by molar-refractivity contribution is 7.26. The number of aliphatic imine (C=N–C) groups is 1. The summed E-state index contributed by atoms with van der Waals surface area (Å²) in [5.41, 5.74) is 8.42. The van der Waals surface area contributed by atoms with Gasteiger partial charge in [0.2, 0.25) is 6.29 Å². The van der Waals surface area contributed by atoms with Crippen LogP contribution in [0, 0.1) is 0 Å². The minimum atomic E-state index is -0.247. The maximum absolute atomic E-state index is 5.34. The summed E-state index contributed by atoms with van der Waals surface area (Å²) in [6, 6.07) is 43.1. The van der Waals surface area contributed by atoms with Crippen LogP contribution >= 0.6 is 11.3 Å². The molecule has 1 N–H and O–H groups in total. The molecule has 182 valence electrons. The first-order valence-electron chi connectivity index (χ1n) is 12.9. The Labute approximate surface area is 224 Å². The summed E-state index contributed by atoms with van der Waals surface area (Å²) in [4.78, 5) is 5.34. The van der Waals surface area contributed by atoms with E-state index in [0.29, 0.717) is 0 Å². The molecular weight excluding hydrogens is 484 g/mol. The van der Waals surface area contributed by atoms with E-state index in [1.165, 1.54) is 47.5 Å². The van der Waals surface area contributed by atoms with E-state index in [1.807, 2.05) is 17.4 Å². The highest BCUT2D eigenvalue weighted by Crippen LogP contribution is 2.43. The fourth-order valence-corrected chi connectivity index (χ4v) is 6.99. The molecule has 7 aromatic rings. The van der Waals surface area contributed by atoms with Crippen molar-refractivity contribution in [2.45, 2.75) is 12.8 Å². The van der Waals surface area contributed by atoms with E-state index >= 15 is 0 Å². The predicted octanol–water partition coefficient (Wildman–Crippen LogP) is 8.09. The molecule has 3 heterocycles. The number of thiophene rings is 1. The minimum absolute atomic E-state index is 0.247. The van der Waals surface area contributed by atoms with Crippen molar-refractivity contribution in [1.29, 1.82) is 0 Å². The van der Waals surface area contributed by atoms with Gasteiger partial charge in [-0.25, -0.2) is 4.99 Å². The lowest BCUT2D eigenvalue weighted by atomic mass is 10.1. The Morgan fingerprint density at radius 3 is 2.18 bits per heavy atom. The van der Waals surface area contributed by atoms with E-state index in [9.17, 15) is 0 Å². The van der Waals surface area contributed by atoms with Gasteiger partial charge in [0.05, 0.1) is 15.7 Å². The molecule has 2 aromatic heterocycles. The van der Waals surface area contributed by atoms with Gasteiger partial charge >= 0.3 is 0 Å². The lowest BCUT2D eigenvalue weighted by Gasteiger charge is -2.25. The molecule has 0 saturated heterocycles. The van der Waals surface area contributed by atoms with Crippen molar-refractivity contribution >= 4 is 59.2 Å². The monoisotopic (exact) mass is 508 g/mol. The number of hydrogen-bond donors (Lipinski definition) is 1.